The second kappa shape index (κ2) is 8.24. The van der Waals surface area contributed by atoms with Crippen LogP contribution in [0.2, 0.25) is 0 Å². The quantitative estimate of drug-likeness (QED) is 0.636. The van der Waals surface area contributed by atoms with Crippen LogP contribution < -0.4 is 9.46 Å². The van der Waals surface area contributed by atoms with Gasteiger partial charge in [0, 0.05) is 11.8 Å². The standard InChI is InChI=1S/C17H16N2O4S/c1-14(20)15-6-4-8-17(12-15)24(21,22)19-10-2-3-11-23-16-7-5-9-18-13-16/h4-9,12-13,19H,10-11H2,1H3. The number of Topliss-reactive ketones (excluding diaryl/α,β-unsaturated/α-hetero) is 1. The molecule has 124 valence electrons. The fourth-order valence-corrected chi connectivity index (χ4v) is 2.73. The summed E-state index contributed by atoms with van der Waals surface area (Å²) in [6.07, 6.45) is 3.20. The molecule has 1 N–H and O–H groups in total. The summed E-state index contributed by atoms with van der Waals surface area (Å²) in [7, 11) is -3.71. The first-order valence-electron chi connectivity index (χ1n) is 7.08. The van der Waals surface area contributed by atoms with Crippen LogP contribution >= 0.6 is 0 Å². The fourth-order valence-electron chi connectivity index (χ4n) is 1.76. The Labute approximate surface area is 140 Å². The Morgan fingerprint density at radius 3 is 2.79 bits per heavy atom. The number of benzene rings is 1. The maximum Gasteiger partial charge on any atom is 0.241 e. The minimum absolute atomic E-state index is 0.0311. The third-order valence-electron chi connectivity index (χ3n) is 2.97. The molecule has 0 aliphatic heterocycles. The van der Waals surface area contributed by atoms with Crippen LogP contribution in [0.15, 0.2) is 53.7 Å². The maximum absolute atomic E-state index is 12.1. The number of hydrogen-bond donors (Lipinski definition) is 1. The minimum Gasteiger partial charge on any atom is -0.479 e. The van der Waals surface area contributed by atoms with E-state index in [2.05, 4.69) is 21.5 Å². The third-order valence-corrected chi connectivity index (χ3v) is 4.37. The van der Waals surface area contributed by atoms with Crippen LogP contribution in [0.5, 0.6) is 5.75 Å². The van der Waals surface area contributed by atoms with E-state index in [-0.39, 0.29) is 23.8 Å². The first-order chi connectivity index (χ1) is 11.5. The van der Waals surface area contributed by atoms with Crippen LogP contribution in [-0.2, 0) is 10.0 Å². The van der Waals surface area contributed by atoms with Gasteiger partial charge < -0.3 is 4.74 Å². The SMILES string of the molecule is CC(=O)c1cccc(S(=O)(=O)NCC#CCOc2cccnc2)c1. The van der Waals surface area contributed by atoms with Crippen LogP contribution in [0.25, 0.3) is 0 Å². The molecule has 0 aliphatic rings. The van der Waals surface area contributed by atoms with Gasteiger partial charge >= 0.3 is 0 Å². The van der Waals surface area contributed by atoms with E-state index in [0.717, 1.165) is 0 Å². The lowest BCUT2D eigenvalue weighted by molar-refractivity contribution is 0.101. The van der Waals surface area contributed by atoms with Gasteiger partial charge in [-0.1, -0.05) is 24.0 Å². The third kappa shape index (κ3) is 5.19. The highest BCUT2D eigenvalue weighted by Gasteiger charge is 2.14. The Bertz CT molecular complexity index is 868. The lowest BCUT2D eigenvalue weighted by Gasteiger charge is -2.05. The largest absolute Gasteiger partial charge is 0.479 e. The Kier molecular flexibility index (Phi) is 6.07. The first kappa shape index (κ1) is 17.7. The van der Waals surface area contributed by atoms with Crippen molar-refractivity contribution in [3.8, 4) is 17.6 Å². The maximum atomic E-state index is 12.1. The van der Waals surface area contributed by atoms with Gasteiger partial charge in [0.05, 0.1) is 17.6 Å². The highest BCUT2D eigenvalue weighted by Crippen LogP contribution is 2.11. The molecule has 0 atom stereocenters. The Balaban J connectivity index is 1.88. The van der Waals surface area contributed by atoms with Gasteiger partial charge in [0.2, 0.25) is 10.0 Å². The molecule has 0 saturated heterocycles. The summed E-state index contributed by atoms with van der Waals surface area (Å²) in [5, 5.41) is 0. The number of carbonyl (C=O) groups excluding carboxylic acids is 1. The van der Waals surface area contributed by atoms with Crippen molar-refractivity contribution >= 4 is 15.8 Å². The summed E-state index contributed by atoms with van der Waals surface area (Å²) >= 11 is 0. The number of hydrogen-bond acceptors (Lipinski definition) is 5. The van der Waals surface area contributed by atoms with Gasteiger partial charge in [0.25, 0.3) is 0 Å². The Morgan fingerprint density at radius 1 is 1.25 bits per heavy atom. The van der Waals surface area contributed by atoms with Crippen LogP contribution in [0.1, 0.15) is 17.3 Å². The average Bonchev–Trinajstić information content (AvgIpc) is 2.59. The predicted molar refractivity (Wildman–Crippen MR) is 89.1 cm³/mol. The summed E-state index contributed by atoms with van der Waals surface area (Å²) in [4.78, 5) is 15.2. The Morgan fingerprint density at radius 2 is 2.08 bits per heavy atom. The lowest BCUT2D eigenvalue weighted by atomic mass is 10.2. The van der Waals surface area contributed by atoms with Crippen molar-refractivity contribution in [1.82, 2.24) is 9.71 Å². The molecule has 24 heavy (non-hydrogen) atoms. The van der Waals surface area contributed by atoms with E-state index in [4.69, 9.17) is 4.74 Å². The van der Waals surface area contributed by atoms with Crippen LogP contribution in [0.4, 0.5) is 0 Å². The molecular formula is C17H16N2O4S. The zero-order valence-corrected chi connectivity index (χ0v) is 13.8. The molecule has 1 aromatic carbocycles. The van der Waals surface area contributed by atoms with Crippen molar-refractivity contribution in [2.75, 3.05) is 13.2 Å². The van der Waals surface area contributed by atoms with Crippen LogP contribution in [0, 0.1) is 11.8 Å². The zero-order valence-electron chi connectivity index (χ0n) is 13.0. The minimum atomic E-state index is -3.71. The van der Waals surface area contributed by atoms with Gasteiger partial charge in [-0.2, -0.15) is 4.72 Å². The number of aromatic nitrogens is 1. The second-order valence-corrected chi connectivity index (χ2v) is 6.51. The van der Waals surface area contributed by atoms with Crippen LogP contribution in [0.3, 0.4) is 0 Å². The number of pyridine rings is 1. The summed E-state index contributed by atoms with van der Waals surface area (Å²) < 4.78 is 31.9. The van der Waals surface area contributed by atoms with E-state index in [9.17, 15) is 13.2 Å². The molecule has 6 nitrogen and oxygen atoms in total. The molecule has 2 aromatic rings. The van der Waals surface area contributed by atoms with E-state index in [1.165, 1.54) is 25.1 Å². The summed E-state index contributed by atoms with van der Waals surface area (Å²) in [6, 6.07) is 9.35. The highest BCUT2D eigenvalue weighted by molar-refractivity contribution is 7.89. The monoisotopic (exact) mass is 344 g/mol. The van der Waals surface area contributed by atoms with Gasteiger partial charge in [-0.15, -0.1) is 0 Å². The molecule has 0 bridgehead atoms. The zero-order chi connectivity index (χ0) is 17.4. The van der Waals surface area contributed by atoms with Gasteiger partial charge in [-0.3, -0.25) is 9.78 Å². The summed E-state index contributed by atoms with van der Waals surface area (Å²) in [6.45, 7) is 1.46. The molecule has 1 aromatic heterocycles. The van der Waals surface area contributed by atoms with E-state index in [1.807, 2.05) is 0 Å². The number of ether oxygens (including phenoxy) is 1. The number of rotatable bonds is 6. The van der Waals surface area contributed by atoms with E-state index in [0.29, 0.717) is 11.3 Å². The molecule has 0 unspecified atom stereocenters. The lowest BCUT2D eigenvalue weighted by Crippen LogP contribution is -2.24. The van der Waals surface area contributed by atoms with Gasteiger partial charge in [0.15, 0.2) is 5.78 Å². The Hall–Kier alpha value is -2.69. The number of nitrogens with one attached hydrogen (secondary N) is 1. The molecule has 0 saturated carbocycles. The van der Waals surface area contributed by atoms with Gasteiger partial charge in [0.1, 0.15) is 12.4 Å². The number of carbonyl (C=O) groups is 1. The molecule has 0 amide bonds. The van der Waals surface area contributed by atoms with E-state index in [1.54, 1.807) is 30.6 Å². The number of sulfonamides is 1. The highest BCUT2D eigenvalue weighted by atomic mass is 32.2. The number of nitrogens with zero attached hydrogens (tertiary/aromatic N) is 1. The average molecular weight is 344 g/mol. The molecule has 0 fully saturated rings. The molecule has 0 aliphatic carbocycles. The fraction of sp³-hybridized carbons (Fsp3) is 0.176. The van der Waals surface area contributed by atoms with E-state index < -0.39 is 10.0 Å². The normalized spacial score (nSPS) is 10.5. The van der Waals surface area contributed by atoms with Crippen molar-refractivity contribution in [3.05, 3.63) is 54.4 Å². The summed E-state index contributed by atoms with van der Waals surface area (Å²) in [5.74, 6) is 5.77. The van der Waals surface area contributed by atoms with Crippen LogP contribution in [-0.4, -0.2) is 32.3 Å². The van der Waals surface area contributed by atoms with E-state index >= 15 is 0 Å². The van der Waals surface area contributed by atoms with Gasteiger partial charge in [-0.25, -0.2) is 8.42 Å². The van der Waals surface area contributed by atoms with Crippen molar-refractivity contribution < 1.29 is 17.9 Å². The second-order valence-electron chi connectivity index (χ2n) is 4.74. The topological polar surface area (TPSA) is 85.4 Å². The molecular weight excluding hydrogens is 328 g/mol. The van der Waals surface area contributed by atoms with Crippen molar-refractivity contribution in [1.29, 1.82) is 0 Å². The summed E-state index contributed by atoms with van der Waals surface area (Å²) in [5.41, 5.74) is 0.342. The first-order valence-corrected chi connectivity index (χ1v) is 8.56. The molecule has 2 rings (SSSR count). The van der Waals surface area contributed by atoms with Crippen molar-refractivity contribution in [2.24, 2.45) is 0 Å². The number of ketones is 1. The predicted octanol–water partition coefficient (Wildman–Crippen LogP) is 1.64. The van der Waals surface area contributed by atoms with Crippen molar-refractivity contribution in [2.45, 2.75) is 11.8 Å². The smallest absolute Gasteiger partial charge is 0.241 e. The molecule has 1 heterocycles. The molecule has 0 spiro atoms. The molecule has 7 heteroatoms. The van der Waals surface area contributed by atoms with Crippen molar-refractivity contribution in [3.63, 3.8) is 0 Å². The van der Waals surface area contributed by atoms with Gasteiger partial charge in [-0.05, 0) is 31.2 Å². The molecule has 0 radical (unpaired) electrons.